The summed E-state index contributed by atoms with van der Waals surface area (Å²) in [4.78, 5) is 30.1. The molecule has 1 aromatic carbocycles. The van der Waals surface area contributed by atoms with Gasteiger partial charge in [-0.25, -0.2) is 0 Å². The van der Waals surface area contributed by atoms with Gasteiger partial charge in [-0.2, -0.15) is 0 Å². The lowest BCUT2D eigenvalue weighted by atomic mass is 10.0. The van der Waals surface area contributed by atoms with Crippen molar-refractivity contribution in [3.05, 3.63) is 59.9 Å². The fourth-order valence-electron chi connectivity index (χ4n) is 2.57. The van der Waals surface area contributed by atoms with Gasteiger partial charge < -0.3 is 16.0 Å². The van der Waals surface area contributed by atoms with Gasteiger partial charge in [-0.05, 0) is 29.8 Å². The molecule has 0 aliphatic carbocycles. The number of rotatable bonds is 5. The van der Waals surface area contributed by atoms with E-state index in [2.05, 4.69) is 10.3 Å². The Bertz CT molecular complexity index is 731. The largest absolute Gasteiger partial charge is 0.333 e. The van der Waals surface area contributed by atoms with Crippen LogP contribution in [0.15, 0.2) is 48.8 Å². The van der Waals surface area contributed by atoms with E-state index in [1.807, 2.05) is 4.90 Å². The van der Waals surface area contributed by atoms with Crippen LogP contribution in [0.3, 0.4) is 0 Å². The molecule has 1 saturated heterocycles. The van der Waals surface area contributed by atoms with Gasteiger partial charge in [0, 0.05) is 48.4 Å². The average Bonchev–Trinajstić information content (AvgIpc) is 3.17. The predicted molar refractivity (Wildman–Crippen MR) is 99.2 cm³/mol. The van der Waals surface area contributed by atoms with Gasteiger partial charge in [0.05, 0.1) is 5.88 Å². The van der Waals surface area contributed by atoms with Gasteiger partial charge in [0.1, 0.15) is 0 Å². The van der Waals surface area contributed by atoms with Crippen LogP contribution in [-0.2, 0) is 4.79 Å². The number of hydrogen-bond donors (Lipinski definition) is 2. The van der Waals surface area contributed by atoms with E-state index in [1.165, 1.54) is 0 Å². The molecule has 1 fully saturated rings. The molecule has 25 heavy (non-hydrogen) atoms. The van der Waals surface area contributed by atoms with Crippen molar-refractivity contribution >= 4 is 29.3 Å². The zero-order valence-corrected chi connectivity index (χ0v) is 14.5. The number of carbonyl (C=O) groups excluding carboxylic acids is 2. The monoisotopic (exact) mass is 356 g/mol. The zero-order valence-electron chi connectivity index (χ0n) is 13.7. The van der Waals surface area contributed by atoms with Crippen LogP contribution in [0.25, 0.3) is 0 Å². The Balaban J connectivity index is 1.59. The lowest BCUT2D eigenvalue weighted by molar-refractivity contribution is -0.130. The van der Waals surface area contributed by atoms with Crippen LogP contribution in [0.4, 0.5) is 5.69 Å². The number of nitrogens with one attached hydrogen (secondary N) is 1. The Labute approximate surface area is 150 Å². The molecule has 2 aromatic rings. The fourth-order valence-corrected chi connectivity index (χ4v) is 3.54. The van der Waals surface area contributed by atoms with E-state index in [9.17, 15) is 9.59 Å². The van der Waals surface area contributed by atoms with Crippen molar-refractivity contribution in [2.24, 2.45) is 5.73 Å². The third-order valence-electron chi connectivity index (χ3n) is 4.04. The highest BCUT2D eigenvalue weighted by Gasteiger charge is 2.21. The van der Waals surface area contributed by atoms with Crippen LogP contribution in [0, 0.1) is 0 Å². The number of benzene rings is 1. The molecule has 1 aromatic heterocycles. The van der Waals surface area contributed by atoms with Crippen molar-refractivity contribution in [1.82, 2.24) is 9.88 Å². The van der Waals surface area contributed by atoms with Crippen molar-refractivity contribution in [3.63, 3.8) is 0 Å². The van der Waals surface area contributed by atoms with Crippen LogP contribution < -0.4 is 11.1 Å². The second-order valence-corrected chi connectivity index (χ2v) is 6.89. The zero-order chi connectivity index (χ0) is 17.6. The highest BCUT2D eigenvalue weighted by atomic mass is 32.2. The van der Waals surface area contributed by atoms with Crippen LogP contribution in [0.2, 0.25) is 0 Å². The first-order chi connectivity index (χ1) is 12.1. The first-order valence-corrected chi connectivity index (χ1v) is 9.21. The summed E-state index contributed by atoms with van der Waals surface area (Å²) in [7, 11) is 0. The standard InChI is InChI=1S/C18H20N4O2S/c19-16(11-17(23)22-9-10-25-12-22)13-1-3-14(4-2-13)18(24)21-15-5-7-20-8-6-15/h1-8,16H,9-12,19H2,(H,20,21,24). The fraction of sp³-hybridized carbons (Fsp3) is 0.278. The van der Waals surface area contributed by atoms with E-state index in [-0.39, 0.29) is 24.3 Å². The van der Waals surface area contributed by atoms with Crippen LogP contribution in [-0.4, -0.2) is 39.9 Å². The van der Waals surface area contributed by atoms with Crippen molar-refractivity contribution in [2.45, 2.75) is 12.5 Å². The molecule has 6 nitrogen and oxygen atoms in total. The number of hydrogen-bond acceptors (Lipinski definition) is 5. The van der Waals surface area contributed by atoms with Crippen molar-refractivity contribution in [3.8, 4) is 0 Å². The molecule has 0 bridgehead atoms. The molecule has 1 unspecified atom stereocenters. The van der Waals surface area contributed by atoms with Crippen LogP contribution >= 0.6 is 11.8 Å². The lowest BCUT2D eigenvalue weighted by Gasteiger charge is -2.18. The Kier molecular flexibility index (Phi) is 5.67. The van der Waals surface area contributed by atoms with Gasteiger partial charge in [0.25, 0.3) is 5.91 Å². The summed E-state index contributed by atoms with van der Waals surface area (Å²) in [6.45, 7) is 0.796. The minimum absolute atomic E-state index is 0.0806. The molecule has 3 rings (SSSR count). The maximum Gasteiger partial charge on any atom is 0.255 e. The van der Waals surface area contributed by atoms with Crippen LogP contribution in [0.1, 0.15) is 28.4 Å². The van der Waals surface area contributed by atoms with Gasteiger partial charge >= 0.3 is 0 Å². The highest BCUT2D eigenvalue weighted by Crippen LogP contribution is 2.20. The normalized spacial score (nSPS) is 15.0. The molecule has 7 heteroatoms. The second-order valence-electron chi connectivity index (χ2n) is 5.82. The van der Waals surface area contributed by atoms with Crippen molar-refractivity contribution < 1.29 is 9.59 Å². The quantitative estimate of drug-likeness (QED) is 0.858. The minimum Gasteiger partial charge on any atom is -0.333 e. The summed E-state index contributed by atoms with van der Waals surface area (Å²) in [5.41, 5.74) is 8.23. The van der Waals surface area contributed by atoms with E-state index in [0.717, 1.165) is 23.7 Å². The number of amides is 2. The summed E-state index contributed by atoms with van der Waals surface area (Å²) in [5.74, 6) is 1.62. The third-order valence-corrected chi connectivity index (χ3v) is 5.00. The number of carbonyl (C=O) groups is 2. The van der Waals surface area contributed by atoms with E-state index < -0.39 is 0 Å². The number of thioether (sulfide) groups is 1. The Hall–Kier alpha value is -2.38. The van der Waals surface area contributed by atoms with E-state index in [0.29, 0.717) is 11.3 Å². The minimum atomic E-state index is -0.365. The molecule has 3 N–H and O–H groups in total. The predicted octanol–water partition coefficient (Wildman–Crippen LogP) is 2.26. The molecular weight excluding hydrogens is 336 g/mol. The first-order valence-electron chi connectivity index (χ1n) is 8.06. The van der Waals surface area contributed by atoms with Crippen LogP contribution in [0.5, 0.6) is 0 Å². The van der Waals surface area contributed by atoms with Crippen molar-refractivity contribution in [1.29, 1.82) is 0 Å². The number of nitrogens with zero attached hydrogens (tertiary/aromatic N) is 2. The lowest BCUT2D eigenvalue weighted by Crippen LogP contribution is -2.30. The van der Waals surface area contributed by atoms with E-state index >= 15 is 0 Å². The van der Waals surface area contributed by atoms with Gasteiger partial charge in [-0.1, -0.05) is 12.1 Å². The SMILES string of the molecule is NC(CC(=O)N1CCSC1)c1ccc(C(=O)Nc2ccncc2)cc1. The summed E-state index contributed by atoms with van der Waals surface area (Å²) in [6.07, 6.45) is 3.52. The summed E-state index contributed by atoms with van der Waals surface area (Å²) < 4.78 is 0. The highest BCUT2D eigenvalue weighted by molar-refractivity contribution is 7.99. The molecule has 2 heterocycles. The van der Waals surface area contributed by atoms with Gasteiger partial charge in [-0.3, -0.25) is 14.6 Å². The molecule has 1 aliphatic rings. The van der Waals surface area contributed by atoms with Gasteiger partial charge in [-0.15, -0.1) is 11.8 Å². The Morgan fingerprint density at radius 3 is 2.56 bits per heavy atom. The van der Waals surface area contributed by atoms with Crippen molar-refractivity contribution in [2.75, 3.05) is 23.5 Å². The summed E-state index contributed by atoms with van der Waals surface area (Å²) >= 11 is 1.76. The maximum absolute atomic E-state index is 12.2. The smallest absolute Gasteiger partial charge is 0.255 e. The van der Waals surface area contributed by atoms with Gasteiger partial charge in [0.15, 0.2) is 0 Å². The van der Waals surface area contributed by atoms with Gasteiger partial charge in [0.2, 0.25) is 5.91 Å². The maximum atomic E-state index is 12.2. The molecule has 0 saturated carbocycles. The summed E-state index contributed by atoms with van der Waals surface area (Å²) in [6, 6.07) is 10.1. The number of nitrogens with two attached hydrogens (primary N) is 1. The summed E-state index contributed by atoms with van der Waals surface area (Å²) in [5, 5.41) is 2.80. The van der Waals surface area contributed by atoms with E-state index in [4.69, 9.17) is 5.73 Å². The topological polar surface area (TPSA) is 88.3 Å². The molecule has 0 spiro atoms. The molecule has 0 radical (unpaired) electrons. The Morgan fingerprint density at radius 1 is 1.20 bits per heavy atom. The molecular formula is C18H20N4O2S. The molecule has 1 atom stereocenters. The molecule has 2 amide bonds. The Morgan fingerprint density at radius 2 is 1.92 bits per heavy atom. The third kappa shape index (κ3) is 4.58. The molecule has 1 aliphatic heterocycles. The number of anilines is 1. The number of pyridine rings is 1. The molecule has 130 valence electrons. The average molecular weight is 356 g/mol. The number of aromatic nitrogens is 1. The first kappa shape index (κ1) is 17.4. The second kappa shape index (κ2) is 8.13. The van der Waals surface area contributed by atoms with E-state index in [1.54, 1.807) is 60.6 Å².